The summed E-state index contributed by atoms with van der Waals surface area (Å²) in [5.74, 6) is -5.56. The number of halogens is 5. The van der Waals surface area contributed by atoms with E-state index in [2.05, 4.69) is 0 Å². The molecule has 0 aromatic heterocycles. The van der Waals surface area contributed by atoms with Gasteiger partial charge in [-0.15, -0.1) is 0 Å². The second-order valence-electron chi connectivity index (χ2n) is 9.75. The Morgan fingerprint density at radius 3 is 2.14 bits per heavy atom. The van der Waals surface area contributed by atoms with Crippen LogP contribution >= 0.6 is 0 Å². The highest BCUT2D eigenvalue weighted by atomic mass is 32.2. The maximum absolute atomic E-state index is 13.6. The van der Waals surface area contributed by atoms with Crippen LogP contribution in [0.4, 0.5) is 22.0 Å². The molecule has 2 saturated heterocycles. The molecule has 13 heteroatoms. The van der Waals surface area contributed by atoms with Crippen LogP contribution in [0.5, 0.6) is 0 Å². The molecule has 2 fully saturated rings. The van der Waals surface area contributed by atoms with E-state index >= 15 is 0 Å². The molecule has 0 spiro atoms. The zero-order valence-corrected chi connectivity index (χ0v) is 21.0. The van der Waals surface area contributed by atoms with Crippen molar-refractivity contribution < 1.29 is 49.4 Å². The summed E-state index contributed by atoms with van der Waals surface area (Å²) in [4.78, 5) is 13.0. The lowest BCUT2D eigenvalue weighted by Gasteiger charge is -2.41. The molecular formula is C22H34F5NO6S. The zero-order valence-electron chi connectivity index (χ0n) is 20.2. The summed E-state index contributed by atoms with van der Waals surface area (Å²) < 4.78 is 105. The van der Waals surface area contributed by atoms with Gasteiger partial charge in [0, 0.05) is 45.6 Å². The molecule has 0 saturated carbocycles. The van der Waals surface area contributed by atoms with Gasteiger partial charge in [0.05, 0.1) is 12.7 Å². The number of hydrogen-bond donors (Lipinski definition) is 0. The summed E-state index contributed by atoms with van der Waals surface area (Å²) in [6, 6.07) is 0. The topological polar surface area (TPSA) is 82.1 Å². The van der Waals surface area contributed by atoms with E-state index in [0.717, 1.165) is 6.08 Å². The van der Waals surface area contributed by atoms with Crippen LogP contribution in [0, 0.1) is 0 Å². The van der Waals surface area contributed by atoms with Crippen molar-refractivity contribution in [3.05, 3.63) is 12.2 Å². The van der Waals surface area contributed by atoms with Crippen molar-refractivity contribution in [2.24, 2.45) is 0 Å². The summed E-state index contributed by atoms with van der Waals surface area (Å²) in [5, 5.41) is 0. The Bertz CT molecular complexity index is 839. The van der Waals surface area contributed by atoms with Crippen LogP contribution in [0.1, 0.15) is 59.3 Å². The van der Waals surface area contributed by atoms with Crippen molar-refractivity contribution >= 4 is 16.0 Å². The van der Waals surface area contributed by atoms with Gasteiger partial charge in [0.1, 0.15) is 5.60 Å². The standard InChI is InChI=1S/C22H34F5NO6S/c1-19(2,3)34-18(29)20(10-15-32-16-11-20)35(30,31)28-12-7-17(8-13-28)33-14-6-4-5-9-21(23,24)22(25,26)27/h4-5,17H,6-16H2,1-3H3. The summed E-state index contributed by atoms with van der Waals surface area (Å²) in [6.07, 6.45) is -4.48. The van der Waals surface area contributed by atoms with Gasteiger partial charge in [0.2, 0.25) is 10.0 Å². The van der Waals surface area contributed by atoms with Crippen LogP contribution in [-0.4, -0.2) is 80.2 Å². The van der Waals surface area contributed by atoms with Crippen LogP contribution in [0.2, 0.25) is 0 Å². The van der Waals surface area contributed by atoms with Crippen molar-refractivity contribution in [2.75, 3.05) is 32.9 Å². The number of carbonyl (C=O) groups excluding carboxylic acids is 1. The number of rotatable bonds is 9. The molecule has 7 nitrogen and oxygen atoms in total. The van der Waals surface area contributed by atoms with Crippen molar-refractivity contribution in [1.82, 2.24) is 4.31 Å². The molecule has 0 aromatic rings. The number of sulfonamides is 1. The Kier molecular flexibility index (Phi) is 9.73. The maximum atomic E-state index is 13.6. The van der Waals surface area contributed by atoms with Gasteiger partial charge >= 0.3 is 18.1 Å². The van der Waals surface area contributed by atoms with Crippen LogP contribution in [0.3, 0.4) is 0 Å². The minimum atomic E-state index is -5.59. The highest BCUT2D eigenvalue weighted by Crippen LogP contribution is 2.38. The molecule has 0 atom stereocenters. The first-order chi connectivity index (χ1) is 16.0. The van der Waals surface area contributed by atoms with E-state index in [4.69, 9.17) is 14.2 Å². The van der Waals surface area contributed by atoms with E-state index in [-0.39, 0.29) is 58.3 Å². The van der Waals surface area contributed by atoms with Crippen molar-refractivity contribution in [3.8, 4) is 0 Å². The number of allylic oxidation sites excluding steroid dienone is 1. The van der Waals surface area contributed by atoms with E-state index in [9.17, 15) is 35.2 Å². The number of hydrogen-bond acceptors (Lipinski definition) is 6. The molecule has 0 bridgehead atoms. The van der Waals surface area contributed by atoms with E-state index in [1.54, 1.807) is 20.8 Å². The van der Waals surface area contributed by atoms with Gasteiger partial charge in [-0.2, -0.15) is 22.0 Å². The SMILES string of the molecule is CC(C)(C)OC(=O)C1(S(=O)(=O)N2CCC(OCCC=CCC(F)(F)C(F)(F)F)CC2)CCOCC1. The molecule has 0 aliphatic carbocycles. The molecule has 0 amide bonds. The minimum Gasteiger partial charge on any atom is -0.459 e. The molecule has 2 aliphatic heterocycles. The van der Waals surface area contributed by atoms with E-state index in [1.165, 1.54) is 10.4 Å². The first-order valence-electron chi connectivity index (χ1n) is 11.5. The fraction of sp³-hybridized carbons (Fsp3) is 0.864. The molecule has 2 rings (SSSR count). The summed E-state index contributed by atoms with van der Waals surface area (Å²) >= 11 is 0. The van der Waals surface area contributed by atoms with Crippen LogP contribution in [-0.2, 0) is 29.0 Å². The monoisotopic (exact) mass is 535 g/mol. The van der Waals surface area contributed by atoms with Gasteiger partial charge in [-0.25, -0.2) is 12.7 Å². The van der Waals surface area contributed by atoms with Crippen molar-refractivity contribution in [2.45, 2.75) is 87.8 Å². The molecule has 204 valence electrons. The summed E-state index contributed by atoms with van der Waals surface area (Å²) in [6.45, 7) is 5.63. The molecule has 0 radical (unpaired) electrons. The second kappa shape index (κ2) is 11.4. The van der Waals surface area contributed by atoms with Gasteiger partial charge in [-0.05, 0) is 40.0 Å². The number of esters is 1. The average Bonchev–Trinajstić information content (AvgIpc) is 2.75. The first-order valence-corrected chi connectivity index (χ1v) is 13.0. The highest BCUT2D eigenvalue weighted by Gasteiger charge is 2.57. The van der Waals surface area contributed by atoms with E-state index in [0.29, 0.717) is 12.8 Å². The first kappa shape index (κ1) is 29.9. The number of piperidine rings is 1. The molecule has 0 N–H and O–H groups in total. The molecule has 2 aliphatic rings. The van der Waals surface area contributed by atoms with Crippen molar-refractivity contribution in [1.29, 1.82) is 0 Å². The van der Waals surface area contributed by atoms with Crippen molar-refractivity contribution in [3.63, 3.8) is 0 Å². The van der Waals surface area contributed by atoms with Gasteiger partial charge < -0.3 is 14.2 Å². The highest BCUT2D eigenvalue weighted by molar-refractivity contribution is 7.91. The van der Waals surface area contributed by atoms with Gasteiger partial charge in [0.15, 0.2) is 4.75 Å². The van der Waals surface area contributed by atoms with E-state index < -0.39 is 44.9 Å². The number of ether oxygens (including phenoxy) is 3. The molecular weight excluding hydrogens is 501 g/mol. The Hall–Kier alpha value is -1.31. The summed E-state index contributed by atoms with van der Waals surface area (Å²) in [7, 11) is -4.05. The molecule has 0 unspecified atom stereocenters. The van der Waals surface area contributed by atoms with Crippen LogP contribution in [0.25, 0.3) is 0 Å². The lowest BCUT2D eigenvalue weighted by Crippen LogP contribution is -2.59. The lowest BCUT2D eigenvalue weighted by atomic mass is 9.99. The normalized spacial score (nSPS) is 21.4. The summed E-state index contributed by atoms with van der Waals surface area (Å²) in [5.41, 5.74) is -0.851. The minimum absolute atomic E-state index is 0.000391. The Labute approximate surface area is 203 Å². The van der Waals surface area contributed by atoms with Crippen LogP contribution < -0.4 is 0 Å². The quantitative estimate of drug-likeness (QED) is 0.190. The largest absolute Gasteiger partial charge is 0.459 e. The van der Waals surface area contributed by atoms with Gasteiger partial charge in [-0.1, -0.05) is 12.2 Å². The maximum Gasteiger partial charge on any atom is 0.453 e. The number of alkyl halides is 5. The molecule has 35 heavy (non-hydrogen) atoms. The Balaban J connectivity index is 1.89. The number of carbonyl (C=O) groups is 1. The molecule has 0 aromatic carbocycles. The van der Waals surface area contributed by atoms with Crippen LogP contribution in [0.15, 0.2) is 12.2 Å². The Morgan fingerprint density at radius 2 is 1.63 bits per heavy atom. The third-order valence-corrected chi connectivity index (χ3v) is 8.51. The predicted octanol–water partition coefficient (Wildman–Crippen LogP) is 4.22. The second-order valence-corrected chi connectivity index (χ2v) is 12.0. The number of nitrogens with zero attached hydrogens (tertiary/aromatic N) is 1. The third-order valence-electron chi connectivity index (χ3n) is 5.90. The van der Waals surface area contributed by atoms with E-state index in [1.807, 2.05) is 0 Å². The fourth-order valence-corrected chi connectivity index (χ4v) is 6.01. The van der Waals surface area contributed by atoms with Gasteiger partial charge in [0.25, 0.3) is 0 Å². The predicted molar refractivity (Wildman–Crippen MR) is 117 cm³/mol. The average molecular weight is 536 g/mol. The lowest BCUT2D eigenvalue weighted by molar-refractivity contribution is -0.280. The fourth-order valence-electron chi connectivity index (χ4n) is 3.89. The molecule has 2 heterocycles. The smallest absolute Gasteiger partial charge is 0.453 e. The van der Waals surface area contributed by atoms with Gasteiger partial charge in [-0.3, -0.25) is 4.79 Å². The Morgan fingerprint density at radius 1 is 1.06 bits per heavy atom. The third kappa shape index (κ3) is 7.59. The zero-order chi connectivity index (χ0) is 26.5.